The molecule has 158 valence electrons. The molecule has 2 fully saturated rings. The predicted molar refractivity (Wildman–Crippen MR) is 109 cm³/mol. The van der Waals surface area contributed by atoms with Gasteiger partial charge in [-0.3, -0.25) is 18.8 Å². The number of hydrogen-bond donors (Lipinski definition) is 0. The van der Waals surface area contributed by atoms with E-state index in [2.05, 4.69) is 4.90 Å². The van der Waals surface area contributed by atoms with Crippen molar-refractivity contribution in [3.63, 3.8) is 0 Å². The van der Waals surface area contributed by atoms with E-state index in [1.165, 1.54) is 23.9 Å². The van der Waals surface area contributed by atoms with Crippen molar-refractivity contribution in [1.82, 2.24) is 18.3 Å². The zero-order valence-electron chi connectivity index (χ0n) is 17.1. The molecule has 28 heavy (non-hydrogen) atoms. The molecule has 9 heteroatoms. The fourth-order valence-corrected chi connectivity index (χ4v) is 5.88. The molecule has 2 aliphatic heterocycles. The minimum absolute atomic E-state index is 0.105. The van der Waals surface area contributed by atoms with Crippen LogP contribution < -0.4 is 11.2 Å². The van der Waals surface area contributed by atoms with Crippen LogP contribution in [0.3, 0.4) is 0 Å². The van der Waals surface area contributed by atoms with E-state index < -0.39 is 10.0 Å². The van der Waals surface area contributed by atoms with Crippen molar-refractivity contribution in [1.29, 1.82) is 0 Å². The summed E-state index contributed by atoms with van der Waals surface area (Å²) in [6.45, 7) is 2.90. The minimum atomic E-state index is -3.18. The van der Waals surface area contributed by atoms with Crippen molar-refractivity contribution >= 4 is 10.0 Å². The van der Waals surface area contributed by atoms with E-state index in [0.29, 0.717) is 19.0 Å². The van der Waals surface area contributed by atoms with Crippen LogP contribution in [-0.2, 0) is 30.7 Å². The number of hydrogen-bond acceptors (Lipinski definition) is 5. The highest BCUT2D eigenvalue weighted by Crippen LogP contribution is 2.31. The summed E-state index contributed by atoms with van der Waals surface area (Å²) in [7, 11) is -0.00426. The SMILES string of the molecule is Cn1c(CN2CCC([C@H]3CCCCCN3S(C)(=O)=O)CC2)cc(=O)n(C)c1=O. The molecule has 0 spiro atoms. The average Bonchev–Trinajstić information content (AvgIpc) is 2.91. The summed E-state index contributed by atoms with van der Waals surface area (Å²) in [5.74, 6) is 0.372. The maximum Gasteiger partial charge on any atom is 0.330 e. The maximum absolute atomic E-state index is 12.3. The first kappa shape index (κ1) is 21.3. The van der Waals surface area contributed by atoms with Crippen molar-refractivity contribution in [2.45, 2.75) is 51.1 Å². The van der Waals surface area contributed by atoms with Crippen LogP contribution in [0.4, 0.5) is 0 Å². The van der Waals surface area contributed by atoms with Gasteiger partial charge < -0.3 is 0 Å². The van der Waals surface area contributed by atoms with E-state index >= 15 is 0 Å². The topological polar surface area (TPSA) is 84.6 Å². The number of piperidine rings is 1. The summed E-state index contributed by atoms with van der Waals surface area (Å²) >= 11 is 0. The van der Waals surface area contributed by atoms with Crippen LogP contribution in [0, 0.1) is 5.92 Å². The molecule has 0 saturated carbocycles. The van der Waals surface area contributed by atoms with E-state index in [9.17, 15) is 18.0 Å². The van der Waals surface area contributed by atoms with Gasteiger partial charge in [0, 0.05) is 45.0 Å². The molecule has 1 atom stereocenters. The Kier molecular flexibility index (Phi) is 6.46. The lowest BCUT2D eigenvalue weighted by atomic mass is 9.87. The van der Waals surface area contributed by atoms with Crippen LogP contribution in [0.2, 0.25) is 0 Å². The third-order valence-corrected chi connectivity index (χ3v) is 7.67. The number of aromatic nitrogens is 2. The molecule has 2 saturated heterocycles. The highest BCUT2D eigenvalue weighted by atomic mass is 32.2. The standard InChI is InChI=1S/C19H32N4O4S/c1-20-16(13-18(24)21(2)19(20)25)14-22-11-8-15(9-12-22)17-7-5-4-6-10-23(17)28(3,26)27/h13,15,17H,4-12,14H2,1-3H3/t17-/m1/s1. The Labute approximate surface area is 166 Å². The fraction of sp³-hybridized carbons (Fsp3) is 0.789. The molecule has 2 aliphatic rings. The molecule has 0 bridgehead atoms. The predicted octanol–water partition coefficient (Wildman–Crippen LogP) is 0.500. The van der Waals surface area contributed by atoms with Crippen LogP contribution >= 0.6 is 0 Å². The van der Waals surface area contributed by atoms with Gasteiger partial charge in [0.1, 0.15) is 0 Å². The van der Waals surface area contributed by atoms with Crippen LogP contribution in [0.1, 0.15) is 44.2 Å². The van der Waals surface area contributed by atoms with Crippen molar-refractivity contribution < 1.29 is 8.42 Å². The van der Waals surface area contributed by atoms with Crippen molar-refractivity contribution in [2.24, 2.45) is 20.0 Å². The van der Waals surface area contributed by atoms with Gasteiger partial charge in [0.05, 0.1) is 6.26 Å². The second kappa shape index (κ2) is 8.51. The summed E-state index contributed by atoms with van der Waals surface area (Å²) in [6.07, 6.45) is 7.28. The van der Waals surface area contributed by atoms with Gasteiger partial charge in [0.25, 0.3) is 5.56 Å². The van der Waals surface area contributed by atoms with Gasteiger partial charge in [-0.1, -0.05) is 12.8 Å². The molecular weight excluding hydrogens is 380 g/mol. The molecule has 3 rings (SSSR count). The first-order valence-electron chi connectivity index (χ1n) is 10.1. The molecule has 0 radical (unpaired) electrons. The van der Waals surface area contributed by atoms with Gasteiger partial charge >= 0.3 is 5.69 Å². The molecule has 0 unspecified atom stereocenters. The first-order chi connectivity index (χ1) is 13.2. The molecule has 0 aromatic carbocycles. The second-order valence-electron chi connectivity index (χ2n) is 8.28. The van der Waals surface area contributed by atoms with Gasteiger partial charge in [-0.15, -0.1) is 0 Å². The lowest BCUT2D eigenvalue weighted by Crippen LogP contribution is -2.47. The van der Waals surface area contributed by atoms with E-state index in [4.69, 9.17) is 0 Å². The summed E-state index contributed by atoms with van der Waals surface area (Å²) in [4.78, 5) is 26.3. The minimum Gasteiger partial charge on any atom is -0.299 e. The Morgan fingerprint density at radius 1 is 0.964 bits per heavy atom. The molecular formula is C19H32N4O4S. The normalized spacial score (nSPS) is 23.6. The van der Waals surface area contributed by atoms with Gasteiger partial charge in [-0.25, -0.2) is 13.2 Å². The Morgan fingerprint density at radius 2 is 1.64 bits per heavy atom. The molecule has 1 aromatic heterocycles. The molecule has 0 aliphatic carbocycles. The lowest BCUT2D eigenvalue weighted by Gasteiger charge is -2.39. The Bertz CT molecular complexity index is 913. The summed E-state index contributed by atoms with van der Waals surface area (Å²) in [5, 5.41) is 0. The number of rotatable bonds is 4. The van der Waals surface area contributed by atoms with E-state index in [1.807, 2.05) is 0 Å². The van der Waals surface area contributed by atoms with E-state index in [0.717, 1.165) is 61.9 Å². The average molecular weight is 413 g/mol. The lowest BCUT2D eigenvalue weighted by molar-refractivity contribution is 0.122. The third kappa shape index (κ3) is 4.58. The summed E-state index contributed by atoms with van der Waals surface area (Å²) in [5.41, 5.74) is 0.133. The van der Waals surface area contributed by atoms with E-state index in [-0.39, 0.29) is 17.3 Å². The van der Waals surface area contributed by atoms with E-state index in [1.54, 1.807) is 11.4 Å². The second-order valence-corrected chi connectivity index (χ2v) is 10.2. The zero-order valence-corrected chi connectivity index (χ0v) is 17.9. The molecule has 0 N–H and O–H groups in total. The maximum atomic E-state index is 12.3. The number of nitrogens with zero attached hydrogens (tertiary/aromatic N) is 4. The molecule has 3 heterocycles. The van der Waals surface area contributed by atoms with Crippen LogP contribution in [0.5, 0.6) is 0 Å². The van der Waals surface area contributed by atoms with Crippen molar-refractivity contribution in [2.75, 3.05) is 25.9 Å². The number of sulfonamides is 1. The summed E-state index contributed by atoms with van der Waals surface area (Å²) in [6, 6.07) is 1.64. The Balaban J connectivity index is 1.67. The highest BCUT2D eigenvalue weighted by molar-refractivity contribution is 7.88. The molecule has 1 aromatic rings. The van der Waals surface area contributed by atoms with Crippen LogP contribution in [0.25, 0.3) is 0 Å². The number of likely N-dealkylation sites (tertiary alicyclic amines) is 1. The third-order valence-electron chi connectivity index (χ3n) is 6.36. The zero-order chi connectivity index (χ0) is 20.5. The summed E-state index contributed by atoms with van der Waals surface area (Å²) < 4.78 is 28.9. The molecule has 0 amide bonds. The van der Waals surface area contributed by atoms with Gasteiger partial charge in [-0.2, -0.15) is 4.31 Å². The van der Waals surface area contributed by atoms with Gasteiger partial charge in [0.2, 0.25) is 10.0 Å². The van der Waals surface area contributed by atoms with Gasteiger partial charge in [0.15, 0.2) is 0 Å². The monoisotopic (exact) mass is 412 g/mol. The fourth-order valence-electron chi connectivity index (χ4n) is 4.65. The quantitative estimate of drug-likeness (QED) is 0.719. The van der Waals surface area contributed by atoms with Crippen LogP contribution in [-0.4, -0.2) is 58.7 Å². The Hall–Kier alpha value is -1.45. The van der Waals surface area contributed by atoms with Crippen LogP contribution in [0.15, 0.2) is 15.7 Å². The smallest absolute Gasteiger partial charge is 0.299 e. The first-order valence-corrected chi connectivity index (χ1v) is 12.0. The molecule has 8 nitrogen and oxygen atoms in total. The van der Waals surface area contributed by atoms with Crippen molar-refractivity contribution in [3.8, 4) is 0 Å². The van der Waals surface area contributed by atoms with Gasteiger partial charge in [-0.05, 0) is 44.7 Å². The highest BCUT2D eigenvalue weighted by Gasteiger charge is 2.35. The Morgan fingerprint density at radius 3 is 2.29 bits per heavy atom. The largest absolute Gasteiger partial charge is 0.330 e. The van der Waals surface area contributed by atoms with Crippen molar-refractivity contribution in [3.05, 3.63) is 32.6 Å².